The van der Waals surface area contributed by atoms with Gasteiger partial charge in [0.25, 0.3) is 11.7 Å². The molecular weight excluding hydrogens is 452 g/mol. The van der Waals surface area contributed by atoms with E-state index in [1.54, 1.807) is 54.6 Å². The largest absolute Gasteiger partial charge is 0.507 e. The second-order valence-corrected chi connectivity index (χ2v) is 9.12. The molecule has 0 spiro atoms. The van der Waals surface area contributed by atoms with Crippen molar-refractivity contribution < 1.29 is 23.1 Å². The first-order chi connectivity index (χ1) is 15.2. The van der Waals surface area contributed by atoms with Gasteiger partial charge in [-0.25, -0.2) is 13.6 Å². The minimum atomic E-state index is -3.93. The molecule has 9 heteroatoms. The van der Waals surface area contributed by atoms with Crippen molar-refractivity contribution in [1.29, 1.82) is 0 Å². The molecule has 1 heterocycles. The molecule has 3 N–H and O–H groups in total. The summed E-state index contributed by atoms with van der Waals surface area (Å²) in [5.41, 5.74) is 1.11. The standard InChI is InChI=1S/C23H17ClN2O5S/c24-16-8-6-14(7-9-16)20-19(21(27)15-4-2-1-3-5-15)22(28)23(29)26(20)17-10-12-18(13-11-17)32(25,30)31/h1-13,20,27H,(H2,25,30,31)/b21-19-. The molecule has 0 aliphatic carbocycles. The summed E-state index contributed by atoms with van der Waals surface area (Å²) >= 11 is 6.01. The van der Waals surface area contributed by atoms with Gasteiger partial charge < -0.3 is 5.11 Å². The second kappa shape index (κ2) is 8.23. The third-order valence-electron chi connectivity index (χ3n) is 5.12. The lowest BCUT2D eigenvalue weighted by Crippen LogP contribution is -2.29. The van der Waals surface area contributed by atoms with Crippen LogP contribution in [-0.4, -0.2) is 25.2 Å². The molecule has 3 aromatic carbocycles. The highest BCUT2D eigenvalue weighted by atomic mass is 35.5. The number of aliphatic hydroxyl groups is 1. The number of halogens is 1. The van der Waals surface area contributed by atoms with Gasteiger partial charge >= 0.3 is 0 Å². The zero-order valence-electron chi connectivity index (χ0n) is 16.5. The number of ketones is 1. The van der Waals surface area contributed by atoms with E-state index in [1.807, 2.05) is 0 Å². The summed E-state index contributed by atoms with van der Waals surface area (Å²) in [6.07, 6.45) is 0. The highest BCUT2D eigenvalue weighted by molar-refractivity contribution is 7.89. The Hall–Kier alpha value is -3.46. The summed E-state index contributed by atoms with van der Waals surface area (Å²) in [4.78, 5) is 27.2. The topological polar surface area (TPSA) is 118 Å². The maximum absolute atomic E-state index is 13.0. The van der Waals surface area contributed by atoms with Crippen molar-refractivity contribution in [3.63, 3.8) is 0 Å². The lowest BCUT2D eigenvalue weighted by atomic mass is 9.95. The Morgan fingerprint density at radius 2 is 1.50 bits per heavy atom. The molecule has 7 nitrogen and oxygen atoms in total. The number of carbonyl (C=O) groups is 2. The molecule has 1 unspecified atom stereocenters. The fourth-order valence-electron chi connectivity index (χ4n) is 3.61. The third-order valence-corrected chi connectivity index (χ3v) is 6.30. The molecular formula is C23H17ClN2O5S. The smallest absolute Gasteiger partial charge is 0.300 e. The van der Waals surface area contributed by atoms with Crippen LogP contribution >= 0.6 is 11.6 Å². The number of anilines is 1. The van der Waals surface area contributed by atoms with Crippen molar-refractivity contribution in [2.45, 2.75) is 10.9 Å². The van der Waals surface area contributed by atoms with Crippen molar-refractivity contribution in [2.24, 2.45) is 5.14 Å². The molecule has 162 valence electrons. The van der Waals surface area contributed by atoms with Crippen molar-refractivity contribution in [1.82, 2.24) is 0 Å². The van der Waals surface area contributed by atoms with E-state index in [0.29, 0.717) is 16.1 Å². The predicted octanol–water partition coefficient (Wildman–Crippen LogP) is 3.61. The first-order valence-corrected chi connectivity index (χ1v) is 11.4. The van der Waals surface area contributed by atoms with Gasteiger partial charge in [-0.1, -0.05) is 54.1 Å². The number of benzene rings is 3. The summed E-state index contributed by atoms with van der Waals surface area (Å²) < 4.78 is 23.2. The van der Waals surface area contributed by atoms with Crippen LogP contribution in [0.5, 0.6) is 0 Å². The average Bonchev–Trinajstić information content (AvgIpc) is 3.04. The fraction of sp³-hybridized carbons (Fsp3) is 0.0435. The van der Waals surface area contributed by atoms with Crippen molar-refractivity contribution in [3.8, 4) is 0 Å². The van der Waals surface area contributed by atoms with Crippen molar-refractivity contribution in [3.05, 3.63) is 101 Å². The molecule has 1 amide bonds. The number of aliphatic hydroxyl groups excluding tert-OH is 1. The van der Waals surface area contributed by atoms with Crippen LogP contribution in [-0.2, 0) is 19.6 Å². The fourth-order valence-corrected chi connectivity index (χ4v) is 4.25. The first-order valence-electron chi connectivity index (χ1n) is 9.43. The van der Waals surface area contributed by atoms with E-state index >= 15 is 0 Å². The average molecular weight is 469 g/mol. The Balaban J connectivity index is 1.92. The normalized spacial score (nSPS) is 18.2. The van der Waals surface area contributed by atoms with Crippen molar-refractivity contribution in [2.75, 3.05) is 4.90 Å². The van der Waals surface area contributed by atoms with Crippen LogP contribution in [0.15, 0.2) is 89.3 Å². The number of Topliss-reactive ketones (excluding diaryl/α,β-unsaturated/α-hetero) is 1. The molecule has 32 heavy (non-hydrogen) atoms. The molecule has 1 aliphatic heterocycles. The van der Waals surface area contributed by atoms with E-state index in [0.717, 1.165) is 0 Å². The second-order valence-electron chi connectivity index (χ2n) is 7.13. The maximum Gasteiger partial charge on any atom is 0.300 e. The highest BCUT2D eigenvalue weighted by Gasteiger charge is 2.47. The van der Waals surface area contributed by atoms with Crippen LogP contribution < -0.4 is 10.0 Å². The van der Waals surface area contributed by atoms with Crippen LogP contribution in [0.2, 0.25) is 5.02 Å². The highest BCUT2D eigenvalue weighted by Crippen LogP contribution is 2.42. The van der Waals surface area contributed by atoms with Gasteiger partial charge in [0, 0.05) is 16.3 Å². The van der Waals surface area contributed by atoms with Gasteiger partial charge in [-0.3, -0.25) is 14.5 Å². The summed E-state index contributed by atoms with van der Waals surface area (Å²) in [6.45, 7) is 0. The van der Waals surface area contributed by atoms with E-state index in [9.17, 15) is 23.1 Å². The van der Waals surface area contributed by atoms with Crippen LogP contribution in [0.3, 0.4) is 0 Å². The molecule has 0 radical (unpaired) electrons. The van der Waals surface area contributed by atoms with Crippen LogP contribution in [0.1, 0.15) is 17.2 Å². The zero-order chi connectivity index (χ0) is 23.0. The van der Waals surface area contributed by atoms with Crippen LogP contribution in [0, 0.1) is 0 Å². The quantitative estimate of drug-likeness (QED) is 0.344. The van der Waals surface area contributed by atoms with Gasteiger partial charge in [-0.05, 0) is 42.0 Å². The van der Waals surface area contributed by atoms with E-state index in [-0.39, 0.29) is 21.9 Å². The summed E-state index contributed by atoms with van der Waals surface area (Å²) in [5.74, 6) is -2.03. The van der Waals surface area contributed by atoms with E-state index in [1.165, 1.54) is 29.2 Å². The minimum absolute atomic E-state index is 0.0842. The third kappa shape index (κ3) is 3.91. The first kappa shape index (κ1) is 21.8. The number of carbonyl (C=O) groups excluding carboxylic acids is 2. The molecule has 1 fully saturated rings. The lowest BCUT2D eigenvalue weighted by molar-refractivity contribution is -0.132. The van der Waals surface area contributed by atoms with Gasteiger partial charge in [-0.15, -0.1) is 0 Å². The zero-order valence-corrected chi connectivity index (χ0v) is 18.0. The van der Waals surface area contributed by atoms with Crippen LogP contribution in [0.25, 0.3) is 5.76 Å². The monoisotopic (exact) mass is 468 g/mol. The number of amides is 1. The molecule has 0 bridgehead atoms. The van der Waals surface area contributed by atoms with Crippen molar-refractivity contribution >= 4 is 44.8 Å². The number of sulfonamides is 1. The maximum atomic E-state index is 13.0. The van der Waals surface area contributed by atoms with E-state index in [2.05, 4.69) is 0 Å². The SMILES string of the molecule is NS(=O)(=O)c1ccc(N2C(=O)C(=O)/C(=C(\O)c3ccccc3)C2c2ccc(Cl)cc2)cc1. The molecule has 4 rings (SSSR count). The number of rotatable bonds is 4. The molecule has 1 saturated heterocycles. The Kier molecular flexibility index (Phi) is 5.60. The van der Waals surface area contributed by atoms with Gasteiger partial charge in [0.1, 0.15) is 5.76 Å². The summed E-state index contributed by atoms with van der Waals surface area (Å²) in [5, 5.41) is 16.6. The lowest BCUT2D eigenvalue weighted by Gasteiger charge is -2.25. The number of hydrogen-bond donors (Lipinski definition) is 2. The van der Waals surface area contributed by atoms with Gasteiger partial charge in [0.05, 0.1) is 16.5 Å². The molecule has 1 atom stereocenters. The van der Waals surface area contributed by atoms with Gasteiger partial charge in [-0.2, -0.15) is 0 Å². The predicted molar refractivity (Wildman–Crippen MR) is 120 cm³/mol. The number of primary sulfonamides is 1. The Morgan fingerprint density at radius 1 is 0.906 bits per heavy atom. The Labute approximate surface area is 189 Å². The Morgan fingerprint density at radius 3 is 2.06 bits per heavy atom. The Bertz CT molecular complexity index is 1340. The van der Waals surface area contributed by atoms with Gasteiger partial charge in [0.2, 0.25) is 10.0 Å². The van der Waals surface area contributed by atoms with E-state index < -0.39 is 27.8 Å². The number of nitrogens with two attached hydrogens (primary N) is 1. The molecule has 0 aromatic heterocycles. The molecule has 1 aliphatic rings. The minimum Gasteiger partial charge on any atom is -0.507 e. The number of hydrogen-bond acceptors (Lipinski definition) is 5. The molecule has 0 saturated carbocycles. The van der Waals surface area contributed by atoms with E-state index in [4.69, 9.17) is 16.7 Å². The summed E-state index contributed by atoms with van der Waals surface area (Å²) in [6, 6.07) is 19.3. The summed E-state index contributed by atoms with van der Waals surface area (Å²) in [7, 11) is -3.93. The van der Waals surface area contributed by atoms with Gasteiger partial charge in [0.15, 0.2) is 0 Å². The number of nitrogens with zero attached hydrogens (tertiary/aromatic N) is 1. The molecule has 3 aromatic rings. The van der Waals surface area contributed by atoms with Crippen LogP contribution in [0.4, 0.5) is 5.69 Å².